The Morgan fingerprint density at radius 2 is 1.37 bits per heavy atom. The molecule has 136 valence electrons. The van der Waals surface area contributed by atoms with Crippen LogP contribution in [0.4, 0.5) is 4.39 Å². The van der Waals surface area contributed by atoms with Gasteiger partial charge in [0.1, 0.15) is 11.9 Å². The van der Waals surface area contributed by atoms with Crippen molar-refractivity contribution in [2.75, 3.05) is 0 Å². The van der Waals surface area contributed by atoms with Gasteiger partial charge >= 0.3 is 0 Å². The lowest BCUT2D eigenvalue weighted by atomic mass is 9.84. The van der Waals surface area contributed by atoms with Gasteiger partial charge in [0.2, 0.25) is 5.91 Å². The molecule has 0 aliphatic rings. The number of benzene rings is 3. The van der Waals surface area contributed by atoms with Gasteiger partial charge in [0, 0.05) is 11.5 Å². The number of hydrogen-bond donors (Lipinski definition) is 2. The first-order valence-electron chi connectivity index (χ1n) is 8.52. The Labute approximate surface area is 156 Å². The van der Waals surface area contributed by atoms with Crippen LogP contribution >= 0.6 is 0 Å². The van der Waals surface area contributed by atoms with Gasteiger partial charge in [-0.25, -0.2) is 4.39 Å². The number of hydrogen-bond acceptors (Lipinski definition) is 2. The number of carbonyl (C=O) groups is 2. The Morgan fingerprint density at radius 3 is 1.85 bits per heavy atom. The molecule has 3 aromatic rings. The third kappa shape index (κ3) is 4.39. The van der Waals surface area contributed by atoms with Gasteiger partial charge in [-0.05, 0) is 29.3 Å². The van der Waals surface area contributed by atoms with Gasteiger partial charge in [-0.3, -0.25) is 9.59 Å². The minimum Gasteiger partial charge on any atom is -0.368 e. The fourth-order valence-corrected chi connectivity index (χ4v) is 3.07. The summed E-state index contributed by atoms with van der Waals surface area (Å²) >= 11 is 0. The average Bonchev–Trinajstić information content (AvgIpc) is 2.69. The zero-order valence-electron chi connectivity index (χ0n) is 14.5. The molecule has 2 amide bonds. The molecule has 27 heavy (non-hydrogen) atoms. The largest absolute Gasteiger partial charge is 0.368 e. The van der Waals surface area contributed by atoms with Gasteiger partial charge in [0.15, 0.2) is 0 Å². The second kappa shape index (κ2) is 8.27. The second-order valence-corrected chi connectivity index (χ2v) is 6.16. The van der Waals surface area contributed by atoms with Gasteiger partial charge in [-0.2, -0.15) is 0 Å². The number of amides is 2. The predicted molar refractivity (Wildman–Crippen MR) is 102 cm³/mol. The van der Waals surface area contributed by atoms with Crippen LogP contribution in [0.3, 0.4) is 0 Å². The highest BCUT2D eigenvalue weighted by Crippen LogP contribution is 2.28. The van der Waals surface area contributed by atoms with Crippen LogP contribution in [0.2, 0.25) is 0 Å². The van der Waals surface area contributed by atoms with Crippen LogP contribution in [0.15, 0.2) is 84.9 Å². The molecule has 3 aromatic carbocycles. The molecule has 0 fully saturated rings. The SMILES string of the molecule is NC(=O)[C@H](NC(=O)c1cccc(F)c1)C(c1ccccc1)c1ccccc1. The topological polar surface area (TPSA) is 72.2 Å². The number of carbonyl (C=O) groups excluding carboxylic acids is 2. The van der Waals surface area contributed by atoms with Crippen molar-refractivity contribution >= 4 is 11.8 Å². The van der Waals surface area contributed by atoms with E-state index < -0.39 is 29.6 Å². The molecule has 3 rings (SSSR count). The first-order valence-corrected chi connectivity index (χ1v) is 8.52. The minimum absolute atomic E-state index is 0.126. The third-order valence-electron chi connectivity index (χ3n) is 4.33. The highest BCUT2D eigenvalue weighted by atomic mass is 19.1. The summed E-state index contributed by atoms with van der Waals surface area (Å²) in [4.78, 5) is 24.8. The molecular weight excluding hydrogens is 343 g/mol. The molecule has 0 saturated carbocycles. The molecule has 0 aliphatic carbocycles. The monoisotopic (exact) mass is 362 g/mol. The molecule has 4 nitrogen and oxygen atoms in total. The summed E-state index contributed by atoms with van der Waals surface area (Å²) in [5.41, 5.74) is 7.45. The fraction of sp³-hybridized carbons (Fsp3) is 0.0909. The Kier molecular flexibility index (Phi) is 5.61. The molecule has 0 aliphatic heterocycles. The quantitative estimate of drug-likeness (QED) is 0.707. The molecule has 0 bridgehead atoms. The van der Waals surface area contributed by atoms with E-state index in [1.54, 1.807) is 0 Å². The van der Waals surface area contributed by atoms with Gasteiger partial charge in [0.25, 0.3) is 5.91 Å². The minimum atomic E-state index is -0.995. The molecule has 5 heteroatoms. The van der Waals surface area contributed by atoms with E-state index in [2.05, 4.69) is 5.32 Å². The first kappa shape index (κ1) is 18.3. The van der Waals surface area contributed by atoms with Crippen molar-refractivity contribution in [1.29, 1.82) is 0 Å². The standard InChI is InChI=1S/C22H19FN2O2/c23-18-13-7-12-17(14-18)22(27)25-20(21(24)26)19(15-8-3-1-4-9-15)16-10-5-2-6-11-16/h1-14,19-20H,(H2,24,26)(H,25,27)/t20-/m1/s1. The highest BCUT2D eigenvalue weighted by molar-refractivity contribution is 5.97. The predicted octanol–water partition coefficient (Wildman–Crippen LogP) is 3.24. The third-order valence-corrected chi connectivity index (χ3v) is 4.33. The van der Waals surface area contributed by atoms with Crippen LogP contribution < -0.4 is 11.1 Å². The summed E-state index contributed by atoms with van der Waals surface area (Å²) < 4.78 is 13.4. The number of rotatable bonds is 6. The maximum absolute atomic E-state index is 13.4. The van der Waals surface area contributed by atoms with E-state index in [9.17, 15) is 14.0 Å². The fourth-order valence-electron chi connectivity index (χ4n) is 3.07. The summed E-state index contributed by atoms with van der Waals surface area (Å²) in [6, 6.07) is 23.0. The number of nitrogens with one attached hydrogen (secondary N) is 1. The lowest BCUT2D eigenvalue weighted by molar-refractivity contribution is -0.120. The Bertz CT molecular complexity index is 890. The maximum Gasteiger partial charge on any atom is 0.252 e. The van der Waals surface area contributed by atoms with Crippen molar-refractivity contribution < 1.29 is 14.0 Å². The molecule has 0 aromatic heterocycles. The van der Waals surface area contributed by atoms with Gasteiger partial charge in [0.05, 0.1) is 0 Å². The van der Waals surface area contributed by atoms with E-state index in [4.69, 9.17) is 5.73 Å². The van der Waals surface area contributed by atoms with E-state index in [1.165, 1.54) is 18.2 Å². The van der Waals surface area contributed by atoms with Gasteiger partial charge in [-0.1, -0.05) is 66.7 Å². The molecule has 0 unspecified atom stereocenters. The van der Waals surface area contributed by atoms with E-state index in [1.807, 2.05) is 60.7 Å². The summed E-state index contributed by atoms with van der Waals surface area (Å²) in [6.45, 7) is 0. The molecule has 1 atom stereocenters. The van der Waals surface area contributed by atoms with Crippen LogP contribution in [0.5, 0.6) is 0 Å². The molecule has 0 saturated heterocycles. The normalized spacial score (nSPS) is 11.8. The number of primary amides is 1. The summed E-state index contributed by atoms with van der Waals surface area (Å²) in [5, 5.41) is 2.68. The molecular formula is C22H19FN2O2. The van der Waals surface area contributed by atoms with Crippen LogP contribution in [0.1, 0.15) is 27.4 Å². The van der Waals surface area contributed by atoms with Crippen molar-refractivity contribution in [3.8, 4) is 0 Å². The Morgan fingerprint density at radius 1 is 0.815 bits per heavy atom. The number of nitrogens with two attached hydrogens (primary N) is 1. The van der Waals surface area contributed by atoms with E-state index in [0.717, 1.165) is 17.2 Å². The van der Waals surface area contributed by atoms with Crippen molar-refractivity contribution in [3.05, 3.63) is 107 Å². The smallest absolute Gasteiger partial charge is 0.252 e. The highest BCUT2D eigenvalue weighted by Gasteiger charge is 2.31. The second-order valence-electron chi connectivity index (χ2n) is 6.16. The lowest BCUT2D eigenvalue weighted by Crippen LogP contribution is -2.48. The average molecular weight is 362 g/mol. The number of halogens is 1. The van der Waals surface area contributed by atoms with Crippen LogP contribution in [0.25, 0.3) is 0 Å². The maximum atomic E-state index is 13.4. The molecule has 0 heterocycles. The Hall–Kier alpha value is -3.47. The zero-order valence-corrected chi connectivity index (χ0v) is 14.5. The van der Waals surface area contributed by atoms with Crippen molar-refractivity contribution in [3.63, 3.8) is 0 Å². The van der Waals surface area contributed by atoms with Gasteiger partial charge in [-0.15, -0.1) is 0 Å². The van der Waals surface area contributed by atoms with Crippen LogP contribution in [-0.2, 0) is 4.79 Å². The molecule has 0 spiro atoms. The lowest BCUT2D eigenvalue weighted by Gasteiger charge is -2.27. The van der Waals surface area contributed by atoms with Crippen LogP contribution in [-0.4, -0.2) is 17.9 Å². The molecule has 0 radical (unpaired) electrons. The van der Waals surface area contributed by atoms with Crippen molar-refractivity contribution in [2.45, 2.75) is 12.0 Å². The Balaban J connectivity index is 1.99. The zero-order chi connectivity index (χ0) is 19.2. The van der Waals surface area contributed by atoms with Crippen molar-refractivity contribution in [1.82, 2.24) is 5.32 Å². The molecule has 3 N–H and O–H groups in total. The summed E-state index contributed by atoms with van der Waals surface area (Å²) in [6.07, 6.45) is 0. The van der Waals surface area contributed by atoms with E-state index in [-0.39, 0.29) is 5.56 Å². The van der Waals surface area contributed by atoms with E-state index >= 15 is 0 Å². The van der Waals surface area contributed by atoms with Gasteiger partial charge < -0.3 is 11.1 Å². The van der Waals surface area contributed by atoms with Crippen molar-refractivity contribution in [2.24, 2.45) is 5.73 Å². The summed E-state index contributed by atoms with van der Waals surface area (Å²) in [5.74, 6) is -2.23. The summed E-state index contributed by atoms with van der Waals surface area (Å²) in [7, 11) is 0. The first-order chi connectivity index (χ1) is 13.1. The van der Waals surface area contributed by atoms with Crippen LogP contribution in [0, 0.1) is 5.82 Å². The van der Waals surface area contributed by atoms with E-state index in [0.29, 0.717) is 0 Å².